The van der Waals surface area contributed by atoms with E-state index >= 15 is 0 Å². The van der Waals surface area contributed by atoms with Crippen molar-refractivity contribution in [1.82, 2.24) is 5.32 Å². The molecule has 6 nitrogen and oxygen atoms in total. The maximum absolute atomic E-state index is 13.6. The molecule has 8 heteroatoms. The molecule has 2 heterocycles. The summed E-state index contributed by atoms with van der Waals surface area (Å²) in [5.41, 5.74) is 0.461. The third-order valence-corrected chi connectivity index (χ3v) is 6.47. The highest BCUT2D eigenvalue weighted by Gasteiger charge is 2.60. The zero-order valence-electron chi connectivity index (χ0n) is 17.0. The summed E-state index contributed by atoms with van der Waals surface area (Å²) in [6.07, 6.45) is 0. The molecule has 3 unspecified atom stereocenters. The quantitative estimate of drug-likeness (QED) is 0.524. The van der Waals surface area contributed by atoms with Gasteiger partial charge >= 0.3 is 6.03 Å². The molecule has 2 bridgehead atoms. The minimum absolute atomic E-state index is 0.300. The first-order chi connectivity index (χ1) is 15.4. The molecule has 32 heavy (non-hydrogen) atoms. The minimum atomic E-state index is -1.33. The number of urea groups is 1. The molecule has 162 valence electrons. The van der Waals surface area contributed by atoms with Crippen LogP contribution in [-0.2, 0) is 4.79 Å². The highest BCUT2D eigenvalue weighted by Crippen LogP contribution is 2.50. The predicted octanol–water partition coefficient (Wildman–Crippen LogP) is 5.63. The Balaban J connectivity index is 1.62. The molecular formula is C24H19Cl2N3O3. The Hall–Kier alpha value is -3.22. The molecule has 3 aromatic carbocycles. The van der Waals surface area contributed by atoms with Gasteiger partial charge in [-0.15, -0.1) is 0 Å². The smallest absolute Gasteiger partial charge is 0.325 e. The molecule has 1 saturated heterocycles. The van der Waals surface area contributed by atoms with Crippen LogP contribution in [0.4, 0.5) is 16.2 Å². The number of ether oxygens (including phenoxy) is 1. The van der Waals surface area contributed by atoms with Crippen molar-refractivity contribution < 1.29 is 14.3 Å². The summed E-state index contributed by atoms with van der Waals surface area (Å²) in [6.45, 7) is 1.74. The second kappa shape index (κ2) is 7.73. The topological polar surface area (TPSA) is 70.7 Å². The molecule has 3 atom stereocenters. The van der Waals surface area contributed by atoms with E-state index in [2.05, 4.69) is 10.6 Å². The van der Waals surface area contributed by atoms with Gasteiger partial charge in [0.1, 0.15) is 11.7 Å². The zero-order valence-corrected chi connectivity index (χ0v) is 18.5. The molecule has 3 aromatic rings. The summed E-state index contributed by atoms with van der Waals surface area (Å²) < 4.78 is 6.40. The van der Waals surface area contributed by atoms with E-state index in [0.29, 0.717) is 27.2 Å². The Morgan fingerprint density at radius 2 is 1.72 bits per heavy atom. The second-order valence-electron chi connectivity index (χ2n) is 7.88. The molecule has 1 fully saturated rings. The van der Waals surface area contributed by atoms with Gasteiger partial charge in [-0.2, -0.15) is 0 Å². The number of hydrogen-bond acceptors (Lipinski definition) is 3. The molecule has 2 aliphatic rings. The van der Waals surface area contributed by atoms with Crippen molar-refractivity contribution in [3.05, 3.63) is 88.4 Å². The average Bonchev–Trinajstić information content (AvgIpc) is 2.76. The predicted molar refractivity (Wildman–Crippen MR) is 124 cm³/mol. The number of anilines is 2. The Bertz CT molecular complexity index is 1220. The van der Waals surface area contributed by atoms with Gasteiger partial charge in [0.25, 0.3) is 0 Å². The Morgan fingerprint density at radius 3 is 2.47 bits per heavy atom. The molecular weight excluding hydrogens is 449 g/mol. The fraction of sp³-hybridized carbons (Fsp3) is 0.167. The monoisotopic (exact) mass is 467 g/mol. The summed E-state index contributed by atoms with van der Waals surface area (Å²) in [5, 5.41) is 6.88. The number of carbonyl (C=O) groups excluding carboxylic acids is 2. The van der Waals surface area contributed by atoms with E-state index < -0.39 is 23.7 Å². The molecule has 0 radical (unpaired) electrons. The summed E-state index contributed by atoms with van der Waals surface area (Å²) in [5.74, 6) is -0.471. The van der Waals surface area contributed by atoms with Crippen LogP contribution in [0.2, 0.25) is 10.0 Å². The fourth-order valence-corrected chi connectivity index (χ4v) is 4.83. The average molecular weight is 468 g/mol. The van der Waals surface area contributed by atoms with Crippen LogP contribution >= 0.6 is 23.2 Å². The van der Waals surface area contributed by atoms with Crippen LogP contribution in [-0.4, -0.2) is 17.7 Å². The van der Waals surface area contributed by atoms with Crippen molar-refractivity contribution in [3.63, 3.8) is 0 Å². The van der Waals surface area contributed by atoms with Crippen molar-refractivity contribution in [2.24, 2.45) is 5.92 Å². The summed E-state index contributed by atoms with van der Waals surface area (Å²) >= 11 is 12.4. The van der Waals surface area contributed by atoms with E-state index in [1.807, 2.05) is 24.3 Å². The molecule has 2 N–H and O–H groups in total. The van der Waals surface area contributed by atoms with Crippen molar-refractivity contribution in [3.8, 4) is 5.75 Å². The van der Waals surface area contributed by atoms with E-state index in [0.717, 1.165) is 5.56 Å². The van der Waals surface area contributed by atoms with Crippen molar-refractivity contribution >= 4 is 46.5 Å². The Labute approximate surface area is 195 Å². The lowest BCUT2D eigenvalue weighted by Crippen LogP contribution is -2.72. The second-order valence-corrected chi connectivity index (χ2v) is 8.73. The maximum atomic E-state index is 13.6. The molecule has 0 spiro atoms. The van der Waals surface area contributed by atoms with Crippen LogP contribution in [0.15, 0.2) is 72.8 Å². The molecule has 3 amide bonds. The van der Waals surface area contributed by atoms with Gasteiger partial charge in [-0.05, 0) is 49.4 Å². The van der Waals surface area contributed by atoms with Gasteiger partial charge in [-0.3, -0.25) is 9.69 Å². The summed E-state index contributed by atoms with van der Waals surface area (Å²) in [4.78, 5) is 28.3. The van der Waals surface area contributed by atoms with Gasteiger partial charge in [0.2, 0.25) is 11.6 Å². The normalized spacial score (nSPS) is 23.6. The van der Waals surface area contributed by atoms with E-state index in [1.165, 1.54) is 4.90 Å². The largest absolute Gasteiger partial charge is 0.466 e. The standard InChI is InChI=1S/C24H19Cl2N3O3/c1-24-20(22(30)27-15-12-10-14(25)11-13-15)21(16-6-2-5-9-19(16)32-24)28-23(31)29(24)18-8-4-3-7-17(18)26/h2-13,20-21H,1H3,(H,27,30)(H,28,31). The number of fused-ring (bicyclic) bond motifs is 4. The first-order valence-electron chi connectivity index (χ1n) is 10.1. The fourth-order valence-electron chi connectivity index (χ4n) is 4.48. The number of nitrogens with one attached hydrogen (secondary N) is 2. The molecule has 5 rings (SSSR count). The van der Waals surface area contributed by atoms with Crippen molar-refractivity contribution in [2.45, 2.75) is 18.7 Å². The first kappa shape index (κ1) is 20.7. The van der Waals surface area contributed by atoms with Crippen LogP contribution in [0, 0.1) is 5.92 Å². The Morgan fingerprint density at radius 1 is 1.03 bits per heavy atom. The zero-order chi connectivity index (χ0) is 22.5. The minimum Gasteiger partial charge on any atom is -0.466 e. The van der Waals surface area contributed by atoms with Crippen molar-refractivity contribution in [1.29, 1.82) is 0 Å². The van der Waals surface area contributed by atoms with Crippen LogP contribution in [0.5, 0.6) is 5.75 Å². The van der Waals surface area contributed by atoms with Gasteiger partial charge in [0.05, 0.1) is 16.8 Å². The number of benzene rings is 3. The van der Waals surface area contributed by atoms with E-state index in [4.69, 9.17) is 27.9 Å². The summed E-state index contributed by atoms with van der Waals surface area (Å²) in [7, 11) is 0. The summed E-state index contributed by atoms with van der Waals surface area (Å²) in [6, 6.07) is 20.2. The van der Waals surface area contributed by atoms with Crippen LogP contribution in [0.25, 0.3) is 0 Å². The number of carbonyl (C=O) groups is 2. The maximum Gasteiger partial charge on any atom is 0.325 e. The van der Waals surface area contributed by atoms with E-state index in [-0.39, 0.29) is 5.91 Å². The van der Waals surface area contributed by atoms with E-state index in [9.17, 15) is 9.59 Å². The SMILES string of the molecule is CC12Oc3ccccc3C(NC(=O)N1c1ccccc1Cl)C2C(=O)Nc1ccc(Cl)cc1. The number of hydrogen-bond donors (Lipinski definition) is 2. The van der Waals surface area contributed by atoms with Gasteiger partial charge in [-0.25, -0.2) is 4.79 Å². The lowest BCUT2D eigenvalue weighted by Gasteiger charge is -2.54. The first-order valence-corrected chi connectivity index (χ1v) is 10.8. The van der Waals surface area contributed by atoms with Crippen molar-refractivity contribution in [2.75, 3.05) is 10.2 Å². The van der Waals surface area contributed by atoms with Crippen LogP contribution in [0.3, 0.4) is 0 Å². The number of rotatable bonds is 3. The lowest BCUT2D eigenvalue weighted by atomic mass is 9.78. The van der Waals surface area contributed by atoms with Gasteiger partial charge < -0.3 is 15.4 Å². The van der Waals surface area contributed by atoms with Crippen LogP contribution in [0.1, 0.15) is 18.5 Å². The third kappa shape index (κ3) is 3.27. The van der Waals surface area contributed by atoms with Gasteiger partial charge in [-0.1, -0.05) is 53.5 Å². The lowest BCUT2D eigenvalue weighted by molar-refractivity contribution is -0.131. The Kier molecular flexibility index (Phi) is 4.99. The third-order valence-electron chi connectivity index (χ3n) is 5.89. The number of halogens is 2. The number of amides is 3. The number of nitrogens with zero attached hydrogens (tertiary/aromatic N) is 1. The van der Waals surface area contributed by atoms with Crippen LogP contribution < -0.4 is 20.3 Å². The molecule has 0 aromatic heterocycles. The number of para-hydroxylation sites is 2. The molecule has 0 saturated carbocycles. The molecule has 0 aliphatic carbocycles. The van der Waals surface area contributed by atoms with E-state index in [1.54, 1.807) is 55.5 Å². The van der Waals surface area contributed by atoms with Gasteiger partial charge in [0.15, 0.2) is 0 Å². The highest BCUT2D eigenvalue weighted by atomic mass is 35.5. The van der Waals surface area contributed by atoms with Gasteiger partial charge in [0, 0.05) is 16.3 Å². The molecule has 2 aliphatic heterocycles. The highest BCUT2D eigenvalue weighted by molar-refractivity contribution is 6.34.